The Hall–Kier alpha value is -2.68. The molecule has 9 heteroatoms. The molecule has 1 saturated heterocycles. The summed E-state index contributed by atoms with van der Waals surface area (Å²) in [6.45, 7) is 0.142. The molecule has 0 radical (unpaired) electrons. The Balaban J connectivity index is 1.73. The first-order valence-electron chi connectivity index (χ1n) is 7.65. The van der Waals surface area contributed by atoms with Crippen molar-refractivity contribution in [3.05, 3.63) is 47.0 Å². The van der Waals surface area contributed by atoms with Crippen LogP contribution in [-0.2, 0) is 4.74 Å². The summed E-state index contributed by atoms with van der Waals surface area (Å²) >= 11 is 0. The first-order chi connectivity index (χ1) is 11.9. The Morgan fingerprint density at radius 3 is 2.92 bits per heavy atom. The molecule has 7 nitrogen and oxygen atoms in total. The zero-order valence-electron chi connectivity index (χ0n) is 13.5. The molecule has 0 amide bonds. The minimum Gasteiger partial charge on any atom is -0.495 e. The van der Waals surface area contributed by atoms with E-state index in [0.717, 1.165) is 4.57 Å². The van der Waals surface area contributed by atoms with Crippen LogP contribution in [0.5, 0.6) is 5.75 Å². The van der Waals surface area contributed by atoms with Crippen LogP contribution >= 0.6 is 0 Å². The number of nitrogens with two attached hydrogens (primary N) is 1. The molecule has 0 saturated carbocycles. The van der Waals surface area contributed by atoms with Crippen LogP contribution in [0.15, 0.2) is 41.3 Å². The van der Waals surface area contributed by atoms with Crippen molar-refractivity contribution in [2.45, 2.75) is 24.7 Å². The molecular weight excluding hydrogens is 334 g/mol. The van der Waals surface area contributed by atoms with Crippen LogP contribution in [0.2, 0.25) is 0 Å². The zero-order valence-corrected chi connectivity index (χ0v) is 13.5. The van der Waals surface area contributed by atoms with Crippen LogP contribution < -0.4 is 21.5 Å². The van der Waals surface area contributed by atoms with Crippen molar-refractivity contribution in [3.63, 3.8) is 0 Å². The van der Waals surface area contributed by atoms with Crippen molar-refractivity contribution >= 4 is 11.5 Å². The van der Waals surface area contributed by atoms with E-state index in [1.165, 1.54) is 19.4 Å². The SMILES string of the molecule is COc1ccccc1NC[C@@H]1CC(F)(F)[C@H](n2ccc(N)nc2=O)O1. The fourth-order valence-corrected chi connectivity index (χ4v) is 2.74. The van der Waals surface area contributed by atoms with Gasteiger partial charge in [0.25, 0.3) is 5.92 Å². The monoisotopic (exact) mass is 352 g/mol. The number of benzene rings is 1. The summed E-state index contributed by atoms with van der Waals surface area (Å²) in [4.78, 5) is 15.3. The molecule has 1 aromatic carbocycles. The summed E-state index contributed by atoms with van der Waals surface area (Å²) in [6, 6.07) is 8.42. The number of alkyl halides is 2. The maximum absolute atomic E-state index is 14.3. The topological polar surface area (TPSA) is 91.4 Å². The van der Waals surface area contributed by atoms with E-state index in [2.05, 4.69) is 10.3 Å². The van der Waals surface area contributed by atoms with E-state index in [-0.39, 0.29) is 12.4 Å². The average molecular weight is 352 g/mol. The van der Waals surface area contributed by atoms with Gasteiger partial charge >= 0.3 is 5.69 Å². The number of halogens is 2. The molecule has 0 aliphatic carbocycles. The van der Waals surface area contributed by atoms with Crippen LogP contribution in [0.1, 0.15) is 12.6 Å². The van der Waals surface area contributed by atoms with E-state index < -0.39 is 30.4 Å². The summed E-state index contributed by atoms with van der Waals surface area (Å²) in [7, 11) is 1.53. The summed E-state index contributed by atoms with van der Waals surface area (Å²) in [5, 5.41) is 3.03. The quantitative estimate of drug-likeness (QED) is 0.854. The van der Waals surface area contributed by atoms with Gasteiger partial charge in [-0.1, -0.05) is 12.1 Å². The highest BCUT2D eigenvalue weighted by atomic mass is 19.3. The first kappa shape index (κ1) is 17.2. The summed E-state index contributed by atoms with van der Waals surface area (Å²) in [6.07, 6.45) is -1.84. The Morgan fingerprint density at radius 1 is 1.44 bits per heavy atom. The van der Waals surface area contributed by atoms with Crippen LogP contribution in [0, 0.1) is 0 Å². The smallest absolute Gasteiger partial charge is 0.351 e. The number of nitrogens with zero attached hydrogens (tertiary/aromatic N) is 2. The summed E-state index contributed by atoms with van der Waals surface area (Å²) in [5.74, 6) is -2.63. The van der Waals surface area contributed by atoms with Gasteiger partial charge in [-0.3, -0.25) is 4.57 Å². The lowest BCUT2D eigenvalue weighted by molar-refractivity contribution is -0.116. The Morgan fingerprint density at radius 2 is 2.20 bits per heavy atom. The molecule has 0 spiro atoms. The minimum absolute atomic E-state index is 0.0306. The second kappa shape index (κ2) is 6.67. The van der Waals surface area contributed by atoms with Gasteiger partial charge in [0, 0.05) is 19.2 Å². The largest absolute Gasteiger partial charge is 0.495 e. The number of hydrogen-bond acceptors (Lipinski definition) is 6. The molecule has 0 bridgehead atoms. The highest BCUT2D eigenvalue weighted by Gasteiger charge is 2.51. The second-order valence-electron chi connectivity index (χ2n) is 5.70. The van der Waals surface area contributed by atoms with Gasteiger partial charge in [0.05, 0.1) is 18.9 Å². The number of rotatable bonds is 5. The molecule has 1 aliphatic rings. The van der Waals surface area contributed by atoms with Gasteiger partial charge in [0.2, 0.25) is 6.23 Å². The normalized spacial score (nSPS) is 21.9. The van der Waals surface area contributed by atoms with Gasteiger partial charge < -0.3 is 20.5 Å². The number of hydrogen-bond donors (Lipinski definition) is 2. The molecule has 3 rings (SSSR count). The predicted octanol–water partition coefficient (Wildman–Crippen LogP) is 1.87. The van der Waals surface area contributed by atoms with Crippen molar-refractivity contribution in [1.29, 1.82) is 0 Å². The van der Waals surface area contributed by atoms with Crippen molar-refractivity contribution in [1.82, 2.24) is 9.55 Å². The number of nitrogen functional groups attached to an aromatic ring is 1. The molecule has 134 valence electrons. The van der Waals surface area contributed by atoms with Gasteiger partial charge in [-0.05, 0) is 18.2 Å². The number of anilines is 2. The Kier molecular flexibility index (Phi) is 4.58. The Bertz CT molecular complexity index is 812. The van der Waals surface area contributed by atoms with E-state index in [9.17, 15) is 13.6 Å². The molecule has 1 aliphatic heterocycles. The van der Waals surface area contributed by atoms with Gasteiger partial charge in [-0.15, -0.1) is 0 Å². The van der Waals surface area contributed by atoms with Crippen molar-refractivity contribution < 1.29 is 18.3 Å². The van der Waals surface area contributed by atoms with Crippen molar-refractivity contribution in [3.8, 4) is 5.75 Å². The maximum Gasteiger partial charge on any atom is 0.351 e. The third-order valence-electron chi connectivity index (χ3n) is 3.91. The maximum atomic E-state index is 14.3. The summed E-state index contributed by atoms with van der Waals surface area (Å²) in [5.41, 5.74) is 5.19. The lowest BCUT2D eigenvalue weighted by Gasteiger charge is -2.19. The third kappa shape index (κ3) is 3.55. The molecule has 2 atom stereocenters. The number of nitrogens with one attached hydrogen (secondary N) is 1. The van der Waals surface area contributed by atoms with Crippen molar-refractivity contribution in [2.75, 3.05) is 24.7 Å². The molecule has 3 N–H and O–H groups in total. The van der Waals surface area contributed by atoms with E-state index in [4.69, 9.17) is 15.2 Å². The lowest BCUT2D eigenvalue weighted by Crippen LogP contribution is -2.35. The van der Waals surface area contributed by atoms with Crippen molar-refractivity contribution in [2.24, 2.45) is 0 Å². The highest BCUT2D eigenvalue weighted by molar-refractivity contribution is 5.56. The molecular formula is C16H18F2N4O3. The second-order valence-corrected chi connectivity index (χ2v) is 5.70. The molecule has 2 heterocycles. The highest BCUT2D eigenvalue weighted by Crippen LogP contribution is 2.42. The zero-order chi connectivity index (χ0) is 18.0. The van der Waals surface area contributed by atoms with E-state index in [0.29, 0.717) is 11.4 Å². The van der Waals surface area contributed by atoms with Crippen LogP contribution in [0.3, 0.4) is 0 Å². The van der Waals surface area contributed by atoms with Crippen LogP contribution in [-0.4, -0.2) is 35.2 Å². The van der Waals surface area contributed by atoms with E-state index in [1.807, 2.05) is 0 Å². The molecule has 1 fully saturated rings. The molecule has 0 unspecified atom stereocenters. The fraction of sp³-hybridized carbons (Fsp3) is 0.375. The average Bonchev–Trinajstić information content (AvgIpc) is 2.87. The fourth-order valence-electron chi connectivity index (χ4n) is 2.74. The number of methoxy groups -OCH3 is 1. The van der Waals surface area contributed by atoms with Gasteiger partial charge in [-0.2, -0.15) is 4.98 Å². The van der Waals surface area contributed by atoms with Gasteiger partial charge in [0.15, 0.2) is 0 Å². The molecule has 2 aromatic rings. The minimum atomic E-state index is -3.20. The predicted molar refractivity (Wildman–Crippen MR) is 87.9 cm³/mol. The van der Waals surface area contributed by atoms with Crippen LogP contribution in [0.25, 0.3) is 0 Å². The molecule has 1 aromatic heterocycles. The van der Waals surface area contributed by atoms with Gasteiger partial charge in [-0.25, -0.2) is 13.6 Å². The standard InChI is InChI=1S/C16H18F2N4O3/c1-24-12-5-3-2-4-11(12)20-9-10-8-16(17,18)14(25-10)22-7-6-13(19)21-15(22)23/h2-7,10,14,20H,8-9H2,1H3,(H2,19,21,23)/t10-,14+/m0/s1. The van der Waals surface area contributed by atoms with Gasteiger partial charge in [0.1, 0.15) is 11.6 Å². The molecule has 25 heavy (non-hydrogen) atoms. The Labute approximate surface area is 142 Å². The lowest BCUT2D eigenvalue weighted by atomic mass is 10.1. The van der Waals surface area contributed by atoms with Crippen LogP contribution in [0.4, 0.5) is 20.3 Å². The number of para-hydroxylation sites is 2. The number of ether oxygens (including phenoxy) is 2. The first-order valence-corrected chi connectivity index (χ1v) is 7.65. The third-order valence-corrected chi connectivity index (χ3v) is 3.91. The summed E-state index contributed by atoms with van der Waals surface area (Å²) < 4.78 is 40.0. The van der Waals surface area contributed by atoms with E-state index >= 15 is 0 Å². The number of aromatic nitrogens is 2. The van der Waals surface area contributed by atoms with E-state index in [1.54, 1.807) is 24.3 Å².